The first-order valence-corrected chi connectivity index (χ1v) is 7.44. The lowest BCUT2D eigenvalue weighted by atomic mass is 10.3. The predicted octanol–water partition coefficient (Wildman–Crippen LogP) is 3.58. The lowest BCUT2D eigenvalue weighted by Crippen LogP contribution is -2.29. The zero-order valence-corrected chi connectivity index (χ0v) is 12.8. The van der Waals surface area contributed by atoms with E-state index < -0.39 is 12.1 Å². The molecule has 120 valence electrons. The van der Waals surface area contributed by atoms with Crippen LogP contribution < -0.4 is 0 Å². The molecule has 0 aromatic carbocycles. The minimum Gasteiger partial charge on any atom is -0.338 e. The van der Waals surface area contributed by atoms with E-state index in [1.807, 2.05) is 6.92 Å². The third-order valence-electron chi connectivity index (χ3n) is 2.93. The van der Waals surface area contributed by atoms with E-state index in [4.69, 9.17) is 0 Å². The standard InChI is InChI=1S/C13H14F3N3O2S/c1-3-10(20)19(4-2)7-8-5-6-9(22-8)11-17-12(21-18-11)13(14,15)16/h5-6H,3-4,7H2,1-2H3. The third-order valence-corrected chi connectivity index (χ3v) is 4.00. The number of carbonyl (C=O) groups is 1. The highest BCUT2D eigenvalue weighted by Gasteiger charge is 2.38. The van der Waals surface area contributed by atoms with Crippen LogP contribution in [0.5, 0.6) is 0 Å². The van der Waals surface area contributed by atoms with E-state index >= 15 is 0 Å². The number of nitrogens with zero attached hydrogens (tertiary/aromatic N) is 3. The molecule has 1 amide bonds. The summed E-state index contributed by atoms with van der Waals surface area (Å²) in [5, 5.41) is 3.34. The summed E-state index contributed by atoms with van der Waals surface area (Å²) in [7, 11) is 0. The SMILES string of the molecule is CCC(=O)N(CC)Cc1ccc(-c2noc(C(F)(F)F)n2)s1. The van der Waals surface area contributed by atoms with Crippen molar-refractivity contribution < 1.29 is 22.5 Å². The second-order valence-corrected chi connectivity index (χ2v) is 5.62. The number of alkyl halides is 3. The van der Waals surface area contributed by atoms with Crippen molar-refractivity contribution in [1.82, 2.24) is 15.0 Å². The van der Waals surface area contributed by atoms with E-state index in [2.05, 4.69) is 14.7 Å². The molecule has 2 rings (SSSR count). The Balaban J connectivity index is 2.14. The summed E-state index contributed by atoms with van der Waals surface area (Å²) in [4.78, 5) is 18.0. The van der Waals surface area contributed by atoms with Gasteiger partial charge in [0.1, 0.15) is 0 Å². The Bertz CT molecular complexity index is 651. The van der Waals surface area contributed by atoms with Gasteiger partial charge in [0.25, 0.3) is 0 Å². The molecule has 5 nitrogen and oxygen atoms in total. The van der Waals surface area contributed by atoms with Gasteiger partial charge in [0.15, 0.2) is 0 Å². The van der Waals surface area contributed by atoms with Gasteiger partial charge in [0, 0.05) is 17.8 Å². The molecule has 0 bridgehead atoms. The smallest absolute Gasteiger partial charge is 0.338 e. The van der Waals surface area contributed by atoms with Crippen LogP contribution in [0.25, 0.3) is 10.7 Å². The molecule has 2 aromatic rings. The molecule has 0 aliphatic carbocycles. The molecule has 0 radical (unpaired) electrons. The quantitative estimate of drug-likeness (QED) is 0.839. The second-order valence-electron chi connectivity index (χ2n) is 4.45. The number of hydrogen-bond acceptors (Lipinski definition) is 5. The van der Waals surface area contributed by atoms with Gasteiger partial charge < -0.3 is 9.42 Å². The predicted molar refractivity (Wildman–Crippen MR) is 74.0 cm³/mol. The van der Waals surface area contributed by atoms with Gasteiger partial charge in [0.05, 0.1) is 11.4 Å². The van der Waals surface area contributed by atoms with E-state index in [1.54, 1.807) is 24.0 Å². The van der Waals surface area contributed by atoms with Crippen LogP contribution in [0.3, 0.4) is 0 Å². The number of thiophene rings is 1. The lowest BCUT2D eigenvalue weighted by molar-refractivity contribution is -0.159. The van der Waals surface area contributed by atoms with Gasteiger partial charge in [-0.05, 0) is 19.1 Å². The summed E-state index contributed by atoms with van der Waals surface area (Å²) in [5.41, 5.74) is 0. The summed E-state index contributed by atoms with van der Waals surface area (Å²) in [6, 6.07) is 3.37. The fourth-order valence-electron chi connectivity index (χ4n) is 1.81. The van der Waals surface area contributed by atoms with Crippen LogP contribution in [0.1, 0.15) is 31.0 Å². The van der Waals surface area contributed by atoms with Crippen molar-refractivity contribution in [2.24, 2.45) is 0 Å². The number of hydrogen-bond donors (Lipinski definition) is 0. The maximum absolute atomic E-state index is 12.4. The van der Waals surface area contributed by atoms with E-state index in [9.17, 15) is 18.0 Å². The van der Waals surface area contributed by atoms with Crippen molar-refractivity contribution >= 4 is 17.2 Å². The average molecular weight is 333 g/mol. The fraction of sp³-hybridized carbons (Fsp3) is 0.462. The van der Waals surface area contributed by atoms with Gasteiger partial charge in [-0.2, -0.15) is 18.2 Å². The van der Waals surface area contributed by atoms with Gasteiger partial charge in [-0.1, -0.05) is 12.1 Å². The van der Waals surface area contributed by atoms with E-state index in [-0.39, 0.29) is 11.7 Å². The first-order valence-electron chi connectivity index (χ1n) is 6.62. The van der Waals surface area contributed by atoms with E-state index in [1.165, 1.54) is 11.3 Å². The highest BCUT2D eigenvalue weighted by atomic mass is 32.1. The molecule has 2 heterocycles. The maximum atomic E-state index is 12.4. The number of carbonyl (C=O) groups excluding carboxylic acids is 1. The van der Waals surface area contributed by atoms with Crippen LogP contribution in [0, 0.1) is 0 Å². The number of halogens is 3. The Hall–Kier alpha value is -1.90. The van der Waals surface area contributed by atoms with Gasteiger partial charge in [0.2, 0.25) is 11.7 Å². The molecular formula is C13H14F3N3O2S. The summed E-state index contributed by atoms with van der Waals surface area (Å²) >= 11 is 1.24. The van der Waals surface area contributed by atoms with Gasteiger partial charge in [-0.15, -0.1) is 11.3 Å². The topological polar surface area (TPSA) is 59.2 Å². The molecule has 0 saturated carbocycles. The van der Waals surface area contributed by atoms with E-state index in [0.29, 0.717) is 24.4 Å². The van der Waals surface area contributed by atoms with Crippen molar-refractivity contribution in [1.29, 1.82) is 0 Å². The van der Waals surface area contributed by atoms with Gasteiger partial charge in [-0.25, -0.2) is 0 Å². The zero-order chi connectivity index (χ0) is 16.3. The largest absolute Gasteiger partial charge is 0.471 e. The molecule has 0 fully saturated rings. The molecule has 0 atom stereocenters. The van der Waals surface area contributed by atoms with Crippen LogP contribution in [0.2, 0.25) is 0 Å². The molecule has 9 heteroatoms. The Morgan fingerprint density at radius 2 is 2.09 bits per heavy atom. The van der Waals surface area contributed by atoms with Gasteiger partial charge >= 0.3 is 12.1 Å². The Morgan fingerprint density at radius 1 is 1.36 bits per heavy atom. The van der Waals surface area contributed by atoms with Crippen molar-refractivity contribution in [3.63, 3.8) is 0 Å². The molecule has 2 aromatic heterocycles. The second kappa shape index (κ2) is 6.47. The van der Waals surface area contributed by atoms with E-state index in [0.717, 1.165) is 4.88 Å². The summed E-state index contributed by atoms with van der Waals surface area (Å²) < 4.78 is 41.5. The monoisotopic (exact) mass is 333 g/mol. The molecular weight excluding hydrogens is 319 g/mol. The molecule has 0 spiro atoms. The Morgan fingerprint density at radius 3 is 2.64 bits per heavy atom. The van der Waals surface area contributed by atoms with Crippen molar-refractivity contribution in [3.8, 4) is 10.7 Å². The zero-order valence-electron chi connectivity index (χ0n) is 12.0. The fourth-order valence-corrected chi connectivity index (χ4v) is 2.76. The summed E-state index contributed by atoms with van der Waals surface area (Å²) in [5.74, 6) is -1.45. The number of aromatic nitrogens is 2. The third kappa shape index (κ3) is 3.65. The minimum absolute atomic E-state index is 0.0244. The van der Waals surface area contributed by atoms with Crippen LogP contribution in [-0.4, -0.2) is 27.5 Å². The van der Waals surface area contributed by atoms with Crippen LogP contribution in [0.4, 0.5) is 13.2 Å². The lowest BCUT2D eigenvalue weighted by Gasteiger charge is -2.19. The average Bonchev–Trinajstić information content (AvgIpc) is 3.11. The highest BCUT2D eigenvalue weighted by molar-refractivity contribution is 7.15. The van der Waals surface area contributed by atoms with Crippen LogP contribution >= 0.6 is 11.3 Å². The van der Waals surface area contributed by atoms with Gasteiger partial charge in [-0.3, -0.25) is 4.79 Å². The maximum Gasteiger partial charge on any atom is 0.471 e. The van der Waals surface area contributed by atoms with Crippen LogP contribution in [-0.2, 0) is 17.5 Å². The number of rotatable bonds is 5. The summed E-state index contributed by atoms with van der Waals surface area (Å²) in [6.45, 7) is 4.64. The molecule has 0 saturated heterocycles. The molecule has 0 aliphatic rings. The molecule has 0 aliphatic heterocycles. The Kier molecular flexibility index (Phi) is 4.84. The first kappa shape index (κ1) is 16.5. The normalized spacial score (nSPS) is 11.7. The molecule has 22 heavy (non-hydrogen) atoms. The van der Waals surface area contributed by atoms with Crippen molar-refractivity contribution in [3.05, 3.63) is 22.9 Å². The first-order chi connectivity index (χ1) is 10.3. The van der Waals surface area contributed by atoms with Crippen LogP contribution in [0.15, 0.2) is 16.7 Å². The number of amides is 1. The molecule has 0 unspecified atom stereocenters. The minimum atomic E-state index is -4.65. The van der Waals surface area contributed by atoms with Crippen molar-refractivity contribution in [2.75, 3.05) is 6.54 Å². The summed E-state index contributed by atoms with van der Waals surface area (Å²) in [6.07, 6.45) is -4.25. The molecule has 0 N–H and O–H groups in total. The highest BCUT2D eigenvalue weighted by Crippen LogP contribution is 2.32. The Labute approximate surface area is 128 Å². The van der Waals surface area contributed by atoms with Crippen molar-refractivity contribution in [2.45, 2.75) is 33.0 Å².